The number of benzene rings is 1. The molecule has 1 fully saturated rings. The first kappa shape index (κ1) is 15.7. The number of alkyl halides is 3. The second kappa shape index (κ2) is 5.95. The van der Waals surface area contributed by atoms with E-state index in [1.54, 1.807) is 0 Å². The maximum Gasteiger partial charge on any atom is 0.417 e. The molecule has 0 spiro atoms. The van der Waals surface area contributed by atoms with E-state index in [0.717, 1.165) is 37.8 Å². The Hall–Kier alpha value is -1.72. The van der Waals surface area contributed by atoms with Crippen molar-refractivity contribution in [2.24, 2.45) is 0 Å². The van der Waals surface area contributed by atoms with Crippen molar-refractivity contribution in [1.82, 2.24) is 0 Å². The zero-order chi connectivity index (χ0) is 15.6. The first-order valence-corrected chi connectivity index (χ1v) is 7.05. The van der Waals surface area contributed by atoms with Gasteiger partial charge in [-0.3, -0.25) is 0 Å². The van der Waals surface area contributed by atoms with Crippen molar-refractivity contribution in [3.63, 3.8) is 0 Å². The van der Waals surface area contributed by atoms with E-state index in [9.17, 15) is 18.0 Å². The number of carbonyl (C=O) groups is 1. The molecule has 1 aromatic carbocycles. The molecule has 0 amide bonds. The molecule has 21 heavy (non-hydrogen) atoms. The molecule has 1 aliphatic carbocycles. The summed E-state index contributed by atoms with van der Waals surface area (Å²) in [5.41, 5.74) is -1.33. The first-order chi connectivity index (χ1) is 9.84. The number of nitrogens with zero attached hydrogens (tertiary/aromatic N) is 1. The maximum atomic E-state index is 13.1. The van der Waals surface area contributed by atoms with E-state index < -0.39 is 23.3 Å². The number of carboxylic acids is 1. The van der Waals surface area contributed by atoms with Crippen LogP contribution in [0, 0.1) is 0 Å². The number of carboxylic acid groups (broad SMARTS) is 1. The molecule has 0 aromatic heterocycles. The van der Waals surface area contributed by atoms with Crippen LogP contribution in [0.5, 0.6) is 0 Å². The van der Waals surface area contributed by atoms with Crippen LogP contribution in [0.1, 0.15) is 48.5 Å². The molecule has 0 heterocycles. The normalized spacial score (nSPS) is 16.2. The highest BCUT2D eigenvalue weighted by molar-refractivity contribution is 5.90. The van der Waals surface area contributed by atoms with Crippen LogP contribution >= 0.6 is 0 Å². The average molecular weight is 301 g/mol. The van der Waals surface area contributed by atoms with Gasteiger partial charge >= 0.3 is 12.1 Å². The molecule has 6 heteroatoms. The van der Waals surface area contributed by atoms with Gasteiger partial charge in [0.1, 0.15) is 0 Å². The standard InChI is InChI=1S/C15H18F3NO2/c1-2-19(10-5-3-4-6-10)11-7-8-12(14(20)21)13(9-11)15(16,17)18/h7-10H,2-6H2,1H3,(H,20,21). The van der Waals surface area contributed by atoms with Gasteiger partial charge in [-0.15, -0.1) is 0 Å². The van der Waals surface area contributed by atoms with Crippen molar-refractivity contribution in [2.75, 3.05) is 11.4 Å². The summed E-state index contributed by atoms with van der Waals surface area (Å²) in [5.74, 6) is -1.56. The van der Waals surface area contributed by atoms with Crippen molar-refractivity contribution in [3.8, 4) is 0 Å². The van der Waals surface area contributed by atoms with Crippen molar-refractivity contribution in [1.29, 1.82) is 0 Å². The monoisotopic (exact) mass is 301 g/mol. The summed E-state index contributed by atoms with van der Waals surface area (Å²) >= 11 is 0. The zero-order valence-electron chi connectivity index (χ0n) is 11.8. The van der Waals surface area contributed by atoms with Gasteiger partial charge in [0.05, 0.1) is 11.1 Å². The summed E-state index contributed by atoms with van der Waals surface area (Å²) in [6.07, 6.45) is -0.564. The van der Waals surface area contributed by atoms with Gasteiger partial charge in [0, 0.05) is 18.3 Å². The van der Waals surface area contributed by atoms with Gasteiger partial charge in [0.15, 0.2) is 0 Å². The zero-order valence-corrected chi connectivity index (χ0v) is 11.8. The van der Waals surface area contributed by atoms with E-state index in [-0.39, 0.29) is 6.04 Å². The topological polar surface area (TPSA) is 40.5 Å². The van der Waals surface area contributed by atoms with Crippen LogP contribution < -0.4 is 4.90 Å². The van der Waals surface area contributed by atoms with E-state index in [1.807, 2.05) is 11.8 Å². The Bertz CT molecular complexity index is 522. The molecule has 0 radical (unpaired) electrons. The molecule has 0 atom stereocenters. The minimum Gasteiger partial charge on any atom is -0.478 e. The molecule has 3 nitrogen and oxygen atoms in total. The minimum absolute atomic E-state index is 0.242. The molecule has 0 unspecified atom stereocenters. The van der Waals surface area contributed by atoms with Crippen LogP contribution in [-0.2, 0) is 6.18 Å². The number of aromatic carboxylic acids is 1. The summed E-state index contributed by atoms with van der Waals surface area (Å²) in [4.78, 5) is 12.9. The largest absolute Gasteiger partial charge is 0.478 e. The van der Waals surface area contributed by atoms with Crippen LogP contribution in [0.25, 0.3) is 0 Å². The number of halogens is 3. The number of hydrogen-bond acceptors (Lipinski definition) is 2. The lowest BCUT2D eigenvalue weighted by atomic mass is 10.0. The fourth-order valence-corrected chi connectivity index (χ4v) is 3.00. The molecule has 116 valence electrons. The molecule has 0 aliphatic heterocycles. The molecular weight excluding hydrogens is 283 g/mol. The number of anilines is 1. The van der Waals surface area contributed by atoms with Crippen LogP contribution in [0.4, 0.5) is 18.9 Å². The van der Waals surface area contributed by atoms with Gasteiger partial charge in [0.2, 0.25) is 0 Å². The summed E-state index contributed by atoms with van der Waals surface area (Å²) in [6, 6.07) is 3.73. The molecule has 1 aromatic rings. The smallest absolute Gasteiger partial charge is 0.417 e. The molecule has 1 saturated carbocycles. The molecule has 0 saturated heterocycles. The maximum absolute atomic E-state index is 13.1. The fraction of sp³-hybridized carbons (Fsp3) is 0.533. The van der Waals surface area contributed by atoms with Crippen molar-refractivity contribution < 1.29 is 23.1 Å². The highest BCUT2D eigenvalue weighted by Crippen LogP contribution is 2.36. The number of hydrogen-bond donors (Lipinski definition) is 1. The molecule has 1 N–H and O–H groups in total. The second-order valence-electron chi connectivity index (χ2n) is 5.26. The Balaban J connectivity index is 2.42. The summed E-state index contributed by atoms with van der Waals surface area (Å²) in [5, 5.41) is 8.91. The van der Waals surface area contributed by atoms with Crippen molar-refractivity contribution in [2.45, 2.75) is 44.8 Å². The summed E-state index contributed by atoms with van der Waals surface area (Å²) in [7, 11) is 0. The van der Waals surface area contributed by atoms with Crippen molar-refractivity contribution in [3.05, 3.63) is 29.3 Å². The molecule has 1 aliphatic rings. The van der Waals surface area contributed by atoms with Crippen molar-refractivity contribution >= 4 is 11.7 Å². The van der Waals surface area contributed by atoms with Gasteiger partial charge in [-0.2, -0.15) is 13.2 Å². The van der Waals surface area contributed by atoms with E-state index in [1.165, 1.54) is 6.07 Å². The minimum atomic E-state index is -4.67. The Kier molecular flexibility index (Phi) is 4.44. The molecule has 2 rings (SSSR count). The Morgan fingerprint density at radius 1 is 1.33 bits per heavy atom. The lowest BCUT2D eigenvalue weighted by Gasteiger charge is -2.30. The summed E-state index contributed by atoms with van der Waals surface area (Å²) in [6.45, 7) is 2.51. The summed E-state index contributed by atoms with van der Waals surface area (Å²) < 4.78 is 39.2. The van der Waals surface area contributed by atoms with Gasteiger partial charge in [0.25, 0.3) is 0 Å². The van der Waals surface area contributed by atoms with Crippen LogP contribution in [-0.4, -0.2) is 23.7 Å². The highest BCUT2D eigenvalue weighted by atomic mass is 19.4. The third-order valence-electron chi connectivity index (χ3n) is 3.98. The highest BCUT2D eigenvalue weighted by Gasteiger charge is 2.36. The third kappa shape index (κ3) is 3.31. The van der Waals surface area contributed by atoms with Crippen LogP contribution in [0.15, 0.2) is 18.2 Å². The fourth-order valence-electron chi connectivity index (χ4n) is 3.00. The van der Waals surface area contributed by atoms with Gasteiger partial charge in [-0.25, -0.2) is 4.79 Å². The lowest BCUT2D eigenvalue weighted by Crippen LogP contribution is -2.33. The van der Waals surface area contributed by atoms with Gasteiger partial charge in [-0.1, -0.05) is 12.8 Å². The Morgan fingerprint density at radius 2 is 1.95 bits per heavy atom. The quantitative estimate of drug-likeness (QED) is 0.907. The Morgan fingerprint density at radius 3 is 2.43 bits per heavy atom. The van der Waals surface area contributed by atoms with Gasteiger partial charge < -0.3 is 10.0 Å². The molecular formula is C15H18F3NO2. The first-order valence-electron chi connectivity index (χ1n) is 7.05. The predicted molar refractivity (Wildman–Crippen MR) is 73.7 cm³/mol. The third-order valence-corrected chi connectivity index (χ3v) is 3.98. The van der Waals surface area contributed by atoms with Crippen LogP contribution in [0.3, 0.4) is 0 Å². The SMILES string of the molecule is CCN(c1ccc(C(=O)O)c(C(F)(F)F)c1)C1CCCC1. The van der Waals surface area contributed by atoms with Gasteiger partial charge in [-0.05, 0) is 38.0 Å². The predicted octanol–water partition coefficient (Wildman–Crippen LogP) is 4.17. The van der Waals surface area contributed by atoms with E-state index in [4.69, 9.17) is 5.11 Å². The van der Waals surface area contributed by atoms with E-state index >= 15 is 0 Å². The number of rotatable bonds is 4. The molecule has 0 bridgehead atoms. The van der Waals surface area contributed by atoms with E-state index in [2.05, 4.69) is 0 Å². The lowest BCUT2D eigenvalue weighted by molar-refractivity contribution is -0.138. The van der Waals surface area contributed by atoms with E-state index in [0.29, 0.717) is 12.2 Å². The second-order valence-corrected chi connectivity index (χ2v) is 5.26. The van der Waals surface area contributed by atoms with Crippen LogP contribution in [0.2, 0.25) is 0 Å². The Labute approximate surface area is 121 Å². The average Bonchev–Trinajstić information content (AvgIpc) is 2.92.